The molecule has 0 spiro atoms. The first-order valence-electron chi connectivity index (χ1n) is 15.5. The molecule has 6 heteroatoms. The van der Waals surface area contributed by atoms with Gasteiger partial charge in [-0.25, -0.2) is 4.58 Å². The van der Waals surface area contributed by atoms with Crippen LogP contribution in [0.15, 0.2) is 83.3 Å². The van der Waals surface area contributed by atoms with E-state index >= 15 is 0 Å². The van der Waals surface area contributed by atoms with E-state index in [-0.39, 0.29) is 4.90 Å². The Morgan fingerprint density at radius 1 is 0.683 bits per heavy atom. The van der Waals surface area contributed by atoms with Crippen LogP contribution in [0.5, 0.6) is 0 Å². The zero-order valence-electron chi connectivity index (χ0n) is 25.5. The van der Waals surface area contributed by atoms with Gasteiger partial charge in [0.25, 0.3) is 10.1 Å². The van der Waals surface area contributed by atoms with Crippen LogP contribution in [0.1, 0.15) is 90.2 Å². The molecule has 0 atom stereocenters. The summed E-state index contributed by atoms with van der Waals surface area (Å²) in [6.07, 6.45) is 18.1. The van der Waals surface area contributed by atoms with Gasteiger partial charge in [0.1, 0.15) is 13.1 Å². The summed E-state index contributed by atoms with van der Waals surface area (Å²) in [7, 11) is -4.26. The second-order valence-electron chi connectivity index (χ2n) is 10.9. The van der Waals surface area contributed by atoms with Crippen molar-refractivity contribution in [2.75, 3.05) is 31.1 Å². The summed E-state index contributed by atoms with van der Waals surface area (Å²) >= 11 is 0. The van der Waals surface area contributed by atoms with Crippen molar-refractivity contribution in [3.05, 3.63) is 89.5 Å². The van der Waals surface area contributed by atoms with Crippen molar-refractivity contribution in [1.82, 2.24) is 0 Å². The smallest absolute Gasteiger partial charge is 0.294 e. The number of anilines is 1. The van der Waals surface area contributed by atoms with E-state index in [1.54, 1.807) is 12.1 Å². The number of allylic oxidation sites excluding steroid dienone is 5. The van der Waals surface area contributed by atoms with Gasteiger partial charge in [-0.1, -0.05) is 77.6 Å². The molecule has 0 amide bonds. The average Bonchev–Trinajstić information content (AvgIpc) is 2.98. The Balaban J connectivity index is 2.05. The minimum atomic E-state index is -4.26. The first kappa shape index (κ1) is 32.6. The third-order valence-corrected chi connectivity index (χ3v) is 8.48. The molecule has 0 aliphatic heterocycles. The van der Waals surface area contributed by atoms with Gasteiger partial charge in [0.05, 0.1) is 4.90 Å². The SMILES string of the molecule is CCCCN(CCCC)c1ccc(C(=C2C=CC(=[N+](CCCC)CCCC)C=C2)c2ccc(S(=O)(=O)O)cc2)cc1. The molecule has 0 radical (unpaired) electrons. The highest BCUT2D eigenvalue weighted by molar-refractivity contribution is 7.85. The number of nitrogens with zero attached hydrogens (tertiary/aromatic N) is 2. The van der Waals surface area contributed by atoms with E-state index in [0.29, 0.717) is 0 Å². The molecular weight excluding hydrogens is 528 g/mol. The molecule has 0 fully saturated rings. The van der Waals surface area contributed by atoms with Crippen LogP contribution in [0.2, 0.25) is 0 Å². The van der Waals surface area contributed by atoms with Crippen LogP contribution in [-0.2, 0) is 10.1 Å². The van der Waals surface area contributed by atoms with Crippen LogP contribution in [0, 0.1) is 0 Å². The maximum Gasteiger partial charge on any atom is 0.294 e. The lowest BCUT2D eigenvalue weighted by atomic mass is 9.90. The maximum atomic E-state index is 11.7. The van der Waals surface area contributed by atoms with Gasteiger partial charge in [-0.3, -0.25) is 4.55 Å². The van der Waals surface area contributed by atoms with Crippen LogP contribution in [0.4, 0.5) is 5.69 Å². The van der Waals surface area contributed by atoms with E-state index in [9.17, 15) is 13.0 Å². The molecular formula is C35H49N2O3S+. The lowest BCUT2D eigenvalue weighted by Crippen LogP contribution is -2.25. The number of benzene rings is 2. The average molecular weight is 578 g/mol. The van der Waals surface area contributed by atoms with Crippen LogP contribution >= 0.6 is 0 Å². The van der Waals surface area contributed by atoms with Gasteiger partial charge in [-0.2, -0.15) is 8.42 Å². The Labute approximate surface area is 248 Å². The van der Waals surface area contributed by atoms with Crippen LogP contribution in [0.3, 0.4) is 0 Å². The molecule has 0 heterocycles. The first-order valence-corrected chi connectivity index (χ1v) is 16.9. The second-order valence-corrected chi connectivity index (χ2v) is 12.3. The van der Waals surface area contributed by atoms with E-state index in [4.69, 9.17) is 0 Å². The normalized spacial score (nSPS) is 13.1. The van der Waals surface area contributed by atoms with Crippen molar-refractivity contribution in [1.29, 1.82) is 0 Å². The summed E-state index contributed by atoms with van der Waals surface area (Å²) in [5.74, 6) is 0. The molecule has 222 valence electrons. The van der Waals surface area contributed by atoms with E-state index in [1.165, 1.54) is 74.9 Å². The third kappa shape index (κ3) is 9.54. The third-order valence-electron chi connectivity index (χ3n) is 7.61. The van der Waals surface area contributed by atoms with Crippen LogP contribution < -0.4 is 4.90 Å². The van der Waals surface area contributed by atoms with E-state index in [1.807, 2.05) is 0 Å². The largest absolute Gasteiger partial charge is 0.372 e. The van der Waals surface area contributed by atoms with Crippen molar-refractivity contribution in [3.63, 3.8) is 0 Å². The van der Waals surface area contributed by atoms with Gasteiger partial charge in [-0.05, 0) is 71.5 Å². The first-order chi connectivity index (χ1) is 19.8. The van der Waals surface area contributed by atoms with Crippen molar-refractivity contribution >= 4 is 27.1 Å². The van der Waals surface area contributed by atoms with Crippen molar-refractivity contribution in [2.45, 2.75) is 84.0 Å². The van der Waals surface area contributed by atoms with Crippen molar-refractivity contribution < 1.29 is 17.5 Å². The van der Waals surface area contributed by atoms with Gasteiger partial charge in [0.2, 0.25) is 0 Å². The zero-order valence-corrected chi connectivity index (χ0v) is 26.3. The molecule has 0 aromatic heterocycles. The molecule has 1 aliphatic carbocycles. The van der Waals surface area contributed by atoms with Gasteiger partial charge < -0.3 is 4.90 Å². The molecule has 5 nitrogen and oxygen atoms in total. The van der Waals surface area contributed by atoms with Crippen molar-refractivity contribution in [2.24, 2.45) is 0 Å². The topological polar surface area (TPSA) is 60.6 Å². The van der Waals surface area contributed by atoms with Crippen LogP contribution in [-0.4, -0.2) is 49.4 Å². The molecule has 0 saturated heterocycles. The summed E-state index contributed by atoms with van der Waals surface area (Å²) in [5.41, 5.74) is 6.54. The molecule has 3 rings (SSSR count). The molecule has 41 heavy (non-hydrogen) atoms. The van der Waals surface area contributed by atoms with E-state index in [0.717, 1.165) is 48.5 Å². The summed E-state index contributed by atoms with van der Waals surface area (Å²) in [6.45, 7) is 13.1. The quantitative estimate of drug-likeness (QED) is 0.161. The highest BCUT2D eigenvalue weighted by Gasteiger charge is 2.17. The number of rotatable bonds is 16. The fourth-order valence-electron chi connectivity index (χ4n) is 5.11. The lowest BCUT2D eigenvalue weighted by Gasteiger charge is -2.25. The van der Waals surface area contributed by atoms with Crippen LogP contribution in [0.25, 0.3) is 5.57 Å². The standard InChI is InChI=1S/C35H48N2O3S/c1-5-9-25-36(26-10-6-2)32-19-13-29(14-20-32)35(31-17-23-34(24-18-31)41(38,39)40)30-15-21-33(22-16-30)37(27-11-7-3)28-12-8-4/h13-24H,5-12,25-28H2,1-4H3/p+1. The summed E-state index contributed by atoms with van der Waals surface area (Å²) < 4.78 is 35.4. The molecule has 2 aromatic carbocycles. The Morgan fingerprint density at radius 3 is 1.59 bits per heavy atom. The Hall–Kier alpha value is -2.96. The zero-order chi connectivity index (χ0) is 29.7. The molecule has 1 N–H and O–H groups in total. The minimum Gasteiger partial charge on any atom is -0.372 e. The fraction of sp³-hybridized carbons (Fsp3) is 0.457. The molecule has 2 aromatic rings. The number of hydrogen-bond donors (Lipinski definition) is 1. The molecule has 0 saturated carbocycles. The number of unbranched alkanes of at least 4 members (excludes halogenated alkanes) is 4. The summed E-state index contributed by atoms with van der Waals surface area (Å²) in [6, 6.07) is 15.3. The Bertz CT molecular complexity index is 1300. The Morgan fingerprint density at radius 2 is 1.15 bits per heavy atom. The maximum absolute atomic E-state index is 11.7. The lowest BCUT2D eigenvalue weighted by molar-refractivity contribution is -0.527. The molecule has 1 aliphatic rings. The van der Waals surface area contributed by atoms with E-state index in [2.05, 4.69) is 85.7 Å². The fourth-order valence-corrected chi connectivity index (χ4v) is 5.59. The van der Waals surface area contributed by atoms with Crippen molar-refractivity contribution in [3.8, 4) is 0 Å². The van der Waals surface area contributed by atoms with Gasteiger partial charge in [0, 0.05) is 43.8 Å². The van der Waals surface area contributed by atoms with Gasteiger partial charge >= 0.3 is 0 Å². The predicted molar refractivity (Wildman–Crippen MR) is 174 cm³/mol. The number of hydrogen-bond acceptors (Lipinski definition) is 3. The van der Waals surface area contributed by atoms with E-state index < -0.39 is 10.1 Å². The minimum absolute atomic E-state index is 0.101. The summed E-state index contributed by atoms with van der Waals surface area (Å²) in [4.78, 5) is 2.38. The summed E-state index contributed by atoms with van der Waals surface area (Å²) in [5, 5.41) is 0. The second kappa shape index (κ2) is 16.5. The predicted octanol–water partition coefficient (Wildman–Crippen LogP) is 8.32. The molecule has 0 bridgehead atoms. The Kier molecular flexibility index (Phi) is 13.1. The van der Waals surface area contributed by atoms with Gasteiger partial charge in [-0.15, -0.1) is 0 Å². The highest BCUT2D eigenvalue weighted by Crippen LogP contribution is 2.32. The van der Waals surface area contributed by atoms with Gasteiger partial charge in [0.15, 0.2) is 5.71 Å². The highest BCUT2D eigenvalue weighted by atomic mass is 32.2. The molecule has 0 unspecified atom stereocenters. The monoisotopic (exact) mass is 577 g/mol.